The van der Waals surface area contributed by atoms with Crippen LogP contribution in [0.25, 0.3) is 0 Å². The third kappa shape index (κ3) is 5.24. The highest BCUT2D eigenvalue weighted by Crippen LogP contribution is 2.29. The molecule has 0 aliphatic rings. The van der Waals surface area contributed by atoms with Gasteiger partial charge in [-0.25, -0.2) is 0 Å². The molecule has 2 rings (SSSR count). The maximum absolute atomic E-state index is 12.3. The van der Waals surface area contributed by atoms with Crippen LogP contribution in [-0.2, 0) is 16.1 Å². The molecule has 2 aromatic carbocycles. The Bertz CT molecular complexity index is 731. The molecule has 0 aliphatic carbocycles. The molecule has 2 amide bonds. The smallest absolute Gasteiger partial charge is 0.244 e. The van der Waals surface area contributed by atoms with Gasteiger partial charge in [-0.15, -0.1) is 0 Å². The summed E-state index contributed by atoms with van der Waals surface area (Å²) in [5.41, 5.74) is 1.54. The zero-order chi connectivity index (χ0) is 18.2. The van der Waals surface area contributed by atoms with Crippen LogP contribution >= 0.6 is 0 Å². The quantitative estimate of drug-likeness (QED) is 0.840. The topological polar surface area (TPSA) is 67.9 Å². The zero-order valence-electron chi connectivity index (χ0n) is 14.6. The number of hydrogen-bond donors (Lipinski definition) is 1. The van der Waals surface area contributed by atoms with E-state index in [1.165, 1.54) is 18.9 Å². The maximum Gasteiger partial charge on any atom is 0.244 e. The van der Waals surface area contributed by atoms with E-state index in [9.17, 15) is 9.59 Å². The molecule has 0 heterocycles. The molecule has 132 valence electrons. The van der Waals surface area contributed by atoms with Gasteiger partial charge in [0.1, 0.15) is 6.54 Å². The molecule has 6 heteroatoms. The maximum atomic E-state index is 12.3. The number of carbonyl (C=O) groups is 2. The molecule has 0 radical (unpaired) electrons. The lowest BCUT2D eigenvalue weighted by Gasteiger charge is -2.21. The Kier molecular flexibility index (Phi) is 6.39. The number of amides is 2. The van der Waals surface area contributed by atoms with Gasteiger partial charge >= 0.3 is 0 Å². The average molecular weight is 342 g/mol. The molecule has 0 aromatic heterocycles. The van der Waals surface area contributed by atoms with Crippen molar-refractivity contribution in [3.63, 3.8) is 0 Å². The number of carbonyl (C=O) groups excluding carboxylic acids is 2. The lowest BCUT2D eigenvalue weighted by molar-refractivity contribution is -0.133. The molecular weight excluding hydrogens is 320 g/mol. The standard InChI is InChI=1S/C19H22N2O4/c1-14(22)21(12-15-7-5-4-6-8-15)13-19(23)20-16-9-10-17(24-2)18(11-16)25-3/h4-11H,12-13H2,1-3H3,(H,20,23). The molecule has 0 spiro atoms. The van der Waals surface area contributed by atoms with Crippen molar-refractivity contribution >= 4 is 17.5 Å². The predicted octanol–water partition coefficient (Wildman–Crippen LogP) is 2.69. The molecule has 0 fully saturated rings. The first-order valence-electron chi connectivity index (χ1n) is 7.84. The normalized spacial score (nSPS) is 10.0. The molecule has 0 saturated heterocycles. The Morgan fingerprint density at radius 3 is 2.28 bits per heavy atom. The number of methoxy groups -OCH3 is 2. The fraction of sp³-hybridized carbons (Fsp3) is 0.263. The van der Waals surface area contributed by atoms with Crippen LogP contribution in [0.4, 0.5) is 5.69 Å². The number of ether oxygens (including phenoxy) is 2. The molecular formula is C19H22N2O4. The Morgan fingerprint density at radius 2 is 1.68 bits per heavy atom. The highest BCUT2D eigenvalue weighted by molar-refractivity contribution is 5.94. The van der Waals surface area contributed by atoms with Gasteiger partial charge in [0.15, 0.2) is 11.5 Å². The van der Waals surface area contributed by atoms with E-state index in [0.29, 0.717) is 23.7 Å². The summed E-state index contributed by atoms with van der Waals surface area (Å²) in [5.74, 6) is 0.660. The number of nitrogens with one attached hydrogen (secondary N) is 1. The Balaban J connectivity index is 2.03. The first-order valence-corrected chi connectivity index (χ1v) is 7.84. The number of anilines is 1. The van der Waals surface area contributed by atoms with Crippen molar-refractivity contribution in [2.24, 2.45) is 0 Å². The van der Waals surface area contributed by atoms with Crippen LogP contribution in [-0.4, -0.2) is 37.5 Å². The monoisotopic (exact) mass is 342 g/mol. The van der Waals surface area contributed by atoms with Crippen LogP contribution in [0, 0.1) is 0 Å². The van der Waals surface area contributed by atoms with Gasteiger partial charge in [-0.3, -0.25) is 9.59 Å². The molecule has 25 heavy (non-hydrogen) atoms. The Hall–Kier alpha value is -3.02. The summed E-state index contributed by atoms with van der Waals surface area (Å²) >= 11 is 0. The van der Waals surface area contributed by atoms with Gasteiger partial charge in [0.25, 0.3) is 0 Å². The summed E-state index contributed by atoms with van der Waals surface area (Å²) in [4.78, 5) is 25.6. The van der Waals surface area contributed by atoms with E-state index >= 15 is 0 Å². The van der Waals surface area contributed by atoms with Crippen molar-refractivity contribution in [2.45, 2.75) is 13.5 Å². The SMILES string of the molecule is COc1ccc(NC(=O)CN(Cc2ccccc2)C(C)=O)cc1OC. The summed E-state index contributed by atoms with van der Waals surface area (Å²) < 4.78 is 10.4. The van der Waals surface area contributed by atoms with Gasteiger partial charge in [-0.2, -0.15) is 0 Å². The molecule has 2 aromatic rings. The molecule has 0 unspecified atom stereocenters. The van der Waals surface area contributed by atoms with E-state index in [2.05, 4.69) is 5.32 Å². The van der Waals surface area contributed by atoms with Gasteiger partial charge in [0.2, 0.25) is 11.8 Å². The van der Waals surface area contributed by atoms with Gasteiger partial charge in [0, 0.05) is 25.2 Å². The lowest BCUT2D eigenvalue weighted by Crippen LogP contribution is -2.36. The third-order valence-electron chi connectivity index (χ3n) is 3.66. The summed E-state index contributed by atoms with van der Waals surface area (Å²) in [6.45, 7) is 1.81. The molecule has 6 nitrogen and oxygen atoms in total. The van der Waals surface area contributed by atoms with Crippen molar-refractivity contribution in [3.05, 3.63) is 54.1 Å². The first kappa shape index (κ1) is 18.3. The van der Waals surface area contributed by atoms with Crippen LogP contribution in [0.15, 0.2) is 48.5 Å². The van der Waals surface area contributed by atoms with E-state index in [0.717, 1.165) is 5.56 Å². The van der Waals surface area contributed by atoms with Crippen LogP contribution in [0.5, 0.6) is 11.5 Å². The number of rotatable bonds is 7. The van der Waals surface area contributed by atoms with Crippen LogP contribution < -0.4 is 14.8 Å². The molecule has 0 atom stereocenters. The van der Waals surface area contributed by atoms with Crippen LogP contribution in [0.3, 0.4) is 0 Å². The number of benzene rings is 2. The largest absolute Gasteiger partial charge is 0.493 e. The van der Waals surface area contributed by atoms with Crippen molar-refractivity contribution in [2.75, 3.05) is 26.1 Å². The van der Waals surface area contributed by atoms with Crippen molar-refractivity contribution in [1.82, 2.24) is 4.90 Å². The third-order valence-corrected chi connectivity index (χ3v) is 3.66. The number of hydrogen-bond acceptors (Lipinski definition) is 4. The van der Waals surface area contributed by atoms with Gasteiger partial charge in [0.05, 0.1) is 14.2 Å². The fourth-order valence-corrected chi connectivity index (χ4v) is 2.37. The summed E-state index contributed by atoms with van der Waals surface area (Å²) in [6, 6.07) is 14.6. The van der Waals surface area contributed by atoms with Gasteiger partial charge in [-0.1, -0.05) is 30.3 Å². The van der Waals surface area contributed by atoms with E-state index in [1.54, 1.807) is 25.3 Å². The summed E-state index contributed by atoms with van der Waals surface area (Å²) in [6.07, 6.45) is 0. The van der Waals surface area contributed by atoms with E-state index in [4.69, 9.17) is 9.47 Å². The fourth-order valence-electron chi connectivity index (χ4n) is 2.37. The van der Waals surface area contributed by atoms with E-state index in [-0.39, 0.29) is 18.4 Å². The second-order valence-corrected chi connectivity index (χ2v) is 5.48. The highest BCUT2D eigenvalue weighted by Gasteiger charge is 2.15. The van der Waals surface area contributed by atoms with Crippen LogP contribution in [0.1, 0.15) is 12.5 Å². The van der Waals surface area contributed by atoms with Crippen molar-refractivity contribution in [3.8, 4) is 11.5 Å². The predicted molar refractivity (Wildman–Crippen MR) is 95.7 cm³/mol. The average Bonchev–Trinajstić information content (AvgIpc) is 2.61. The summed E-state index contributed by atoms with van der Waals surface area (Å²) in [7, 11) is 3.07. The molecule has 0 aliphatic heterocycles. The molecule has 1 N–H and O–H groups in total. The van der Waals surface area contributed by atoms with Crippen molar-refractivity contribution in [1.29, 1.82) is 0 Å². The lowest BCUT2D eigenvalue weighted by atomic mass is 10.2. The van der Waals surface area contributed by atoms with Gasteiger partial charge in [-0.05, 0) is 17.7 Å². The minimum Gasteiger partial charge on any atom is -0.493 e. The van der Waals surface area contributed by atoms with Gasteiger partial charge < -0.3 is 19.7 Å². The Morgan fingerprint density at radius 1 is 1.00 bits per heavy atom. The van der Waals surface area contributed by atoms with E-state index in [1.807, 2.05) is 30.3 Å². The first-order chi connectivity index (χ1) is 12.0. The minimum atomic E-state index is -0.279. The molecule has 0 saturated carbocycles. The summed E-state index contributed by atoms with van der Waals surface area (Å²) in [5, 5.41) is 2.77. The second-order valence-electron chi connectivity index (χ2n) is 5.48. The number of nitrogens with zero attached hydrogens (tertiary/aromatic N) is 1. The highest BCUT2D eigenvalue weighted by atomic mass is 16.5. The molecule has 0 bridgehead atoms. The second kappa shape index (κ2) is 8.73. The van der Waals surface area contributed by atoms with Crippen LogP contribution in [0.2, 0.25) is 0 Å². The minimum absolute atomic E-state index is 0.0292. The Labute approximate surface area is 147 Å². The van der Waals surface area contributed by atoms with E-state index < -0.39 is 0 Å². The zero-order valence-corrected chi connectivity index (χ0v) is 14.6. The van der Waals surface area contributed by atoms with Crippen molar-refractivity contribution < 1.29 is 19.1 Å².